The van der Waals surface area contributed by atoms with Crippen LogP contribution in [-0.4, -0.2) is 67.9 Å². The highest BCUT2D eigenvalue weighted by atomic mass is 32.2. The summed E-state index contributed by atoms with van der Waals surface area (Å²) in [6, 6.07) is 3.40. The number of nitrogens with zero attached hydrogens (tertiary/aromatic N) is 2. The molecule has 1 amide bonds. The van der Waals surface area contributed by atoms with Crippen LogP contribution in [0.3, 0.4) is 0 Å². The lowest BCUT2D eigenvalue weighted by atomic mass is 10.3. The van der Waals surface area contributed by atoms with Crippen molar-refractivity contribution in [3.63, 3.8) is 0 Å². The molecule has 0 spiro atoms. The Balaban J connectivity index is 1.79. The molecule has 1 fully saturated rings. The molecule has 0 atom stereocenters. The van der Waals surface area contributed by atoms with Gasteiger partial charge in [-0.1, -0.05) is 0 Å². The van der Waals surface area contributed by atoms with Crippen molar-refractivity contribution in [1.29, 1.82) is 0 Å². The van der Waals surface area contributed by atoms with Gasteiger partial charge in [-0.3, -0.25) is 4.79 Å². The predicted octanol–water partition coefficient (Wildman–Crippen LogP) is 1.64. The van der Waals surface area contributed by atoms with E-state index in [1.54, 1.807) is 26.0 Å². The van der Waals surface area contributed by atoms with Gasteiger partial charge in [0, 0.05) is 19.6 Å². The molecule has 0 N–H and O–H groups in total. The molecule has 0 saturated carbocycles. The fraction of sp³-hybridized carbons (Fsp3) is 0.688. The topological polar surface area (TPSA) is 70.8 Å². The van der Waals surface area contributed by atoms with Crippen molar-refractivity contribution < 1.29 is 17.6 Å². The highest BCUT2D eigenvalue weighted by molar-refractivity contribution is 7.91. The van der Waals surface area contributed by atoms with E-state index in [4.69, 9.17) is 4.42 Å². The highest BCUT2D eigenvalue weighted by Crippen LogP contribution is 2.11. The first-order valence-electron chi connectivity index (χ1n) is 8.17. The van der Waals surface area contributed by atoms with Gasteiger partial charge in [0.2, 0.25) is 0 Å². The minimum atomic E-state index is -2.97. The maximum absolute atomic E-state index is 12.3. The van der Waals surface area contributed by atoms with E-state index in [0.717, 1.165) is 26.1 Å². The van der Waals surface area contributed by atoms with Crippen LogP contribution in [0.25, 0.3) is 0 Å². The summed E-state index contributed by atoms with van der Waals surface area (Å²) in [6.45, 7) is 7.22. The second-order valence-corrected chi connectivity index (χ2v) is 8.91. The van der Waals surface area contributed by atoms with Crippen LogP contribution < -0.4 is 0 Å². The first-order valence-corrected chi connectivity index (χ1v) is 9.88. The highest BCUT2D eigenvalue weighted by Gasteiger charge is 2.22. The van der Waals surface area contributed by atoms with Crippen molar-refractivity contribution >= 4 is 15.7 Å². The molecule has 1 aromatic heterocycles. The molecule has 0 unspecified atom stereocenters. The van der Waals surface area contributed by atoms with Crippen molar-refractivity contribution in [3.05, 3.63) is 24.2 Å². The third-order valence-corrected chi connectivity index (χ3v) is 6.52. The van der Waals surface area contributed by atoms with Crippen molar-refractivity contribution in [1.82, 2.24) is 9.80 Å². The maximum atomic E-state index is 12.3. The summed E-state index contributed by atoms with van der Waals surface area (Å²) in [6.07, 6.45) is 3.04. The number of sulfone groups is 1. The second-order valence-electron chi connectivity index (χ2n) is 6.23. The van der Waals surface area contributed by atoms with Gasteiger partial charge in [0.05, 0.1) is 17.3 Å². The largest absolute Gasteiger partial charge is 0.459 e. The van der Waals surface area contributed by atoms with Gasteiger partial charge in [-0.05, 0) is 51.9 Å². The molecule has 7 heteroatoms. The normalized spacial score (nSPS) is 17.4. The van der Waals surface area contributed by atoms with Gasteiger partial charge in [-0.2, -0.15) is 0 Å². The molecule has 130 valence electrons. The summed E-state index contributed by atoms with van der Waals surface area (Å²) in [7, 11) is -2.97. The van der Waals surface area contributed by atoms with Gasteiger partial charge in [-0.25, -0.2) is 8.42 Å². The number of amides is 1. The Bertz CT molecular complexity index is 596. The van der Waals surface area contributed by atoms with Crippen LogP contribution in [0.15, 0.2) is 22.8 Å². The number of carbonyl (C=O) groups excluding carboxylic acids is 1. The molecule has 0 aliphatic carbocycles. The SMILES string of the molecule is CC(C)S(=O)(=O)CCCN1CCCN(C(=O)c2ccco2)CC1. The lowest BCUT2D eigenvalue weighted by Crippen LogP contribution is -2.35. The van der Waals surface area contributed by atoms with Crippen molar-refractivity contribution in [2.45, 2.75) is 31.9 Å². The average Bonchev–Trinajstić information content (AvgIpc) is 2.93. The summed E-state index contributed by atoms with van der Waals surface area (Å²) in [5, 5.41) is -0.312. The van der Waals surface area contributed by atoms with Gasteiger partial charge in [0.15, 0.2) is 15.6 Å². The molecule has 1 aliphatic heterocycles. The fourth-order valence-corrected chi connectivity index (χ4v) is 3.68. The minimum Gasteiger partial charge on any atom is -0.459 e. The van der Waals surface area contributed by atoms with E-state index in [9.17, 15) is 13.2 Å². The predicted molar refractivity (Wildman–Crippen MR) is 89.2 cm³/mol. The Morgan fingerprint density at radius 1 is 1.26 bits per heavy atom. The summed E-state index contributed by atoms with van der Waals surface area (Å²) in [5.41, 5.74) is 0. The van der Waals surface area contributed by atoms with Crippen LogP contribution in [0, 0.1) is 0 Å². The first-order chi connectivity index (χ1) is 10.9. The minimum absolute atomic E-state index is 0.0702. The number of furan rings is 1. The summed E-state index contributed by atoms with van der Waals surface area (Å²) >= 11 is 0. The molecule has 2 rings (SSSR count). The zero-order valence-electron chi connectivity index (χ0n) is 13.9. The molecule has 0 aromatic carbocycles. The van der Waals surface area contributed by atoms with Crippen LogP contribution in [0.5, 0.6) is 0 Å². The Morgan fingerprint density at radius 3 is 2.70 bits per heavy atom. The standard InChI is InChI=1S/C16H26N2O4S/c1-14(2)23(20,21)13-5-8-17-7-4-9-18(11-10-17)16(19)15-6-3-12-22-15/h3,6,12,14H,4-5,7-11,13H2,1-2H3. The molecule has 0 bridgehead atoms. The van der Waals surface area contributed by atoms with E-state index < -0.39 is 9.84 Å². The van der Waals surface area contributed by atoms with Crippen LogP contribution in [0.4, 0.5) is 0 Å². The van der Waals surface area contributed by atoms with E-state index in [1.165, 1.54) is 6.26 Å². The van der Waals surface area contributed by atoms with Gasteiger partial charge >= 0.3 is 0 Å². The third-order valence-electron chi connectivity index (χ3n) is 4.23. The van der Waals surface area contributed by atoms with Gasteiger partial charge in [0.1, 0.15) is 0 Å². The Kier molecular flexibility index (Phi) is 6.24. The summed E-state index contributed by atoms with van der Waals surface area (Å²) < 4.78 is 28.8. The van der Waals surface area contributed by atoms with Crippen LogP contribution in [-0.2, 0) is 9.84 Å². The molecule has 1 saturated heterocycles. The number of hydrogen-bond acceptors (Lipinski definition) is 5. The quantitative estimate of drug-likeness (QED) is 0.786. The lowest BCUT2D eigenvalue weighted by molar-refractivity contribution is 0.0729. The molecular weight excluding hydrogens is 316 g/mol. The van der Waals surface area contributed by atoms with Gasteiger partial charge < -0.3 is 14.2 Å². The zero-order valence-corrected chi connectivity index (χ0v) is 14.7. The average molecular weight is 342 g/mol. The first kappa shape index (κ1) is 18.0. The van der Waals surface area contributed by atoms with Gasteiger partial charge in [-0.15, -0.1) is 0 Å². The Hall–Kier alpha value is -1.34. The lowest BCUT2D eigenvalue weighted by Gasteiger charge is -2.21. The van der Waals surface area contributed by atoms with E-state index in [0.29, 0.717) is 25.3 Å². The van der Waals surface area contributed by atoms with E-state index in [2.05, 4.69) is 4.90 Å². The van der Waals surface area contributed by atoms with Crippen molar-refractivity contribution in [3.8, 4) is 0 Å². The maximum Gasteiger partial charge on any atom is 0.289 e. The van der Waals surface area contributed by atoms with Crippen LogP contribution >= 0.6 is 0 Å². The molecule has 0 radical (unpaired) electrons. The molecule has 6 nitrogen and oxygen atoms in total. The molecular formula is C16H26N2O4S. The van der Waals surface area contributed by atoms with Crippen LogP contribution in [0.1, 0.15) is 37.2 Å². The van der Waals surface area contributed by atoms with Crippen LogP contribution in [0.2, 0.25) is 0 Å². The van der Waals surface area contributed by atoms with Crippen molar-refractivity contribution in [2.24, 2.45) is 0 Å². The second kappa shape index (κ2) is 7.97. The molecule has 1 aliphatic rings. The van der Waals surface area contributed by atoms with E-state index >= 15 is 0 Å². The Labute approximate surface area is 138 Å². The fourth-order valence-electron chi connectivity index (χ4n) is 2.68. The number of hydrogen-bond donors (Lipinski definition) is 0. The van der Waals surface area contributed by atoms with Gasteiger partial charge in [0.25, 0.3) is 5.91 Å². The van der Waals surface area contributed by atoms with E-state index in [1.807, 2.05) is 4.90 Å². The number of rotatable bonds is 6. The zero-order chi connectivity index (χ0) is 16.9. The monoisotopic (exact) mass is 342 g/mol. The third kappa shape index (κ3) is 5.07. The smallest absolute Gasteiger partial charge is 0.289 e. The molecule has 2 heterocycles. The molecule has 23 heavy (non-hydrogen) atoms. The van der Waals surface area contributed by atoms with Crippen molar-refractivity contribution in [2.75, 3.05) is 38.5 Å². The Morgan fingerprint density at radius 2 is 2.04 bits per heavy atom. The van der Waals surface area contributed by atoms with E-state index in [-0.39, 0.29) is 16.9 Å². The summed E-state index contributed by atoms with van der Waals surface area (Å²) in [5.74, 6) is 0.539. The number of carbonyl (C=O) groups is 1. The molecule has 1 aromatic rings. The summed E-state index contributed by atoms with van der Waals surface area (Å²) in [4.78, 5) is 16.3.